The van der Waals surface area contributed by atoms with Gasteiger partial charge in [-0.25, -0.2) is 13.6 Å². The van der Waals surface area contributed by atoms with Crippen LogP contribution in [0.1, 0.15) is 12.0 Å². The summed E-state index contributed by atoms with van der Waals surface area (Å²) in [5.41, 5.74) is -3.87. The average molecular weight is 294 g/mol. The number of carboxylic acid groups (broad SMARTS) is 1. The minimum atomic E-state index is -5.16. The minimum Gasteiger partial charge on any atom is -0.478 e. The fraction of sp³-hybridized carbons (Fsp3) is 0.250. The van der Waals surface area contributed by atoms with E-state index >= 15 is 0 Å². The Morgan fingerprint density at radius 2 is 1.75 bits per heavy atom. The zero-order valence-corrected chi connectivity index (χ0v) is 9.67. The topological polar surface area (TPSA) is 46.5 Å². The molecule has 0 bridgehead atoms. The third kappa shape index (κ3) is 2.21. The highest BCUT2D eigenvalue weighted by Gasteiger charge is 2.65. The Balaban J connectivity index is 2.38. The Bertz CT molecular complexity index is 573. The Labute approximate surface area is 109 Å². The predicted molar refractivity (Wildman–Crippen MR) is 56.5 cm³/mol. The molecule has 0 fully saturated rings. The number of ether oxygens (including phenoxy) is 1. The van der Waals surface area contributed by atoms with Crippen LogP contribution in [0.5, 0.6) is 0 Å². The molecule has 3 nitrogen and oxygen atoms in total. The van der Waals surface area contributed by atoms with Gasteiger partial charge in [0.1, 0.15) is 11.6 Å². The van der Waals surface area contributed by atoms with Crippen LogP contribution in [0.3, 0.4) is 0 Å². The molecule has 1 N–H and O–H groups in total. The fourth-order valence-electron chi connectivity index (χ4n) is 1.85. The van der Waals surface area contributed by atoms with Gasteiger partial charge >= 0.3 is 17.7 Å². The molecule has 0 radical (unpaired) electrons. The predicted octanol–water partition coefficient (Wildman–Crippen LogP) is 3.11. The first kappa shape index (κ1) is 14.3. The summed E-state index contributed by atoms with van der Waals surface area (Å²) in [7, 11) is 0. The molecule has 0 aliphatic carbocycles. The van der Waals surface area contributed by atoms with Gasteiger partial charge in [0.25, 0.3) is 0 Å². The van der Waals surface area contributed by atoms with Gasteiger partial charge in [0.2, 0.25) is 0 Å². The van der Waals surface area contributed by atoms with Crippen molar-refractivity contribution in [1.82, 2.24) is 0 Å². The second-order valence-electron chi connectivity index (χ2n) is 4.23. The number of halogens is 5. The van der Waals surface area contributed by atoms with Crippen molar-refractivity contribution in [3.8, 4) is 0 Å². The SMILES string of the molecule is O=C(O)C1(C(F)(F)F)CC(c2cc(F)cc(F)c2)=CO1. The Kier molecular flexibility index (Phi) is 3.19. The molecule has 1 aliphatic rings. The van der Waals surface area contributed by atoms with Crippen molar-refractivity contribution < 1.29 is 36.6 Å². The zero-order valence-electron chi connectivity index (χ0n) is 9.67. The number of benzene rings is 1. The van der Waals surface area contributed by atoms with E-state index in [9.17, 15) is 26.7 Å². The molecular formula is C12H7F5O3. The van der Waals surface area contributed by atoms with Crippen LogP contribution in [0.2, 0.25) is 0 Å². The summed E-state index contributed by atoms with van der Waals surface area (Å²) in [5.74, 6) is -4.19. The van der Waals surface area contributed by atoms with Crippen molar-refractivity contribution in [3.63, 3.8) is 0 Å². The zero-order chi connectivity index (χ0) is 15.1. The Hall–Kier alpha value is -2.12. The molecule has 0 saturated heterocycles. The maximum atomic E-state index is 13.0. The molecule has 1 atom stereocenters. The van der Waals surface area contributed by atoms with Crippen LogP contribution in [0.15, 0.2) is 24.5 Å². The molecule has 20 heavy (non-hydrogen) atoms. The van der Waals surface area contributed by atoms with Gasteiger partial charge in [-0.2, -0.15) is 13.2 Å². The molecule has 1 heterocycles. The number of hydrogen-bond donors (Lipinski definition) is 1. The summed E-state index contributed by atoms with van der Waals surface area (Å²) in [4.78, 5) is 10.9. The smallest absolute Gasteiger partial charge is 0.439 e. The van der Waals surface area contributed by atoms with Gasteiger partial charge in [-0.3, -0.25) is 0 Å². The maximum absolute atomic E-state index is 13.0. The molecule has 0 aromatic heterocycles. The lowest BCUT2D eigenvalue weighted by atomic mass is 9.92. The van der Waals surface area contributed by atoms with Crippen molar-refractivity contribution in [1.29, 1.82) is 0 Å². The molecule has 1 aromatic rings. The third-order valence-corrected chi connectivity index (χ3v) is 2.88. The molecule has 8 heteroatoms. The van der Waals surface area contributed by atoms with E-state index in [4.69, 9.17) is 5.11 Å². The van der Waals surface area contributed by atoms with Gasteiger partial charge in [0.15, 0.2) is 0 Å². The van der Waals surface area contributed by atoms with E-state index in [1.54, 1.807) is 0 Å². The summed E-state index contributed by atoms with van der Waals surface area (Å²) < 4.78 is 68.8. The first-order chi connectivity index (χ1) is 9.15. The molecule has 108 valence electrons. The highest BCUT2D eigenvalue weighted by Crippen LogP contribution is 2.45. The number of hydrogen-bond acceptors (Lipinski definition) is 2. The van der Waals surface area contributed by atoms with Crippen molar-refractivity contribution in [2.24, 2.45) is 0 Å². The van der Waals surface area contributed by atoms with Crippen molar-refractivity contribution in [3.05, 3.63) is 41.7 Å². The number of rotatable bonds is 2. The molecule has 2 rings (SSSR count). The lowest BCUT2D eigenvalue weighted by Crippen LogP contribution is -2.51. The van der Waals surface area contributed by atoms with Crippen LogP contribution in [-0.4, -0.2) is 22.9 Å². The largest absolute Gasteiger partial charge is 0.478 e. The van der Waals surface area contributed by atoms with E-state index in [0.29, 0.717) is 12.3 Å². The van der Waals surface area contributed by atoms with Gasteiger partial charge in [-0.1, -0.05) is 0 Å². The average Bonchev–Trinajstić information content (AvgIpc) is 2.72. The van der Waals surface area contributed by atoms with E-state index in [2.05, 4.69) is 4.74 Å². The molecule has 0 spiro atoms. The molecule has 0 saturated carbocycles. The normalized spacial score (nSPS) is 22.4. The van der Waals surface area contributed by atoms with Crippen LogP contribution < -0.4 is 0 Å². The van der Waals surface area contributed by atoms with Crippen molar-refractivity contribution in [2.45, 2.75) is 18.2 Å². The van der Waals surface area contributed by atoms with Crippen molar-refractivity contribution >= 4 is 11.5 Å². The number of alkyl halides is 3. The van der Waals surface area contributed by atoms with E-state index in [-0.39, 0.29) is 11.1 Å². The van der Waals surface area contributed by atoms with E-state index in [0.717, 1.165) is 12.1 Å². The van der Waals surface area contributed by atoms with Crippen LogP contribution in [0.25, 0.3) is 5.57 Å². The van der Waals surface area contributed by atoms with Crippen LogP contribution in [0, 0.1) is 11.6 Å². The summed E-state index contributed by atoms with van der Waals surface area (Å²) in [6, 6.07) is 2.15. The van der Waals surface area contributed by atoms with Gasteiger partial charge in [0, 0.05) is 12.5 Å². The summed E-state index contributed by atoms with van der Waals surface area (Å²) in [6.45, 7) is 0. The van der Waals surface area contributed by atoms with E-state index in [1.165, 1.54) is 0 Å². The summed E-state index contributed by atoms with van der Waals surface area (Å²) >= 11 is 0. The van der Waals surface area contributed by atoms with Crippen LogP contribution >= 0.6 is 0 Å². The fourth-order valence-corrected chi connectivity index (χ4v) is 1.85. The van der Waals surface area contributed by atoms with Crippen molar-refractivity contribution in [2.75, 3.05) is 0 Å². The monoisotopic (exact) mass is 294 g/mol. The number of aliphatic carboxylic acids is 1. The Morgan fingerprint density at radius 1 is 1.20 bits per heavy atom. The Morgan fingerprint density at radius 3 is 2.15 bits per heavy atom. The van der Waals surface area contributed by atoms with E-state index < -0.39 is 35.8 Å². The quantitative estimate of drug-likeness (QED) is 0.852. The standard InChI is InChI=1S/C12H7F5O3/c13-8-1-6(2-9(14)3-8)7-4-11(10(18)19,20-5-7)12(15,16)17/h1-3,5H,4H2,(H,18,19). The summed E-state index contributed by atoms with van der Waals surface area (Å²) in [6.07, 6.45) is -5.66. The van der Waals surface area contributed by atoms with Gasteiger partial charge in [0.05, 0.1) is 6.26 Å². The molecule has 1 aromatic carbocycles. The number of carbonyl (C=O) groups is 1. The van der Waals surface area contributed by atoms with E-state index in [1.807, 2.05) is 0 Å². The van der Waals surface area contributed by atoms with Crippen LogP contribution in [0.4, 0.5) is 22.0 Å². The molecule has 1 unspecified atom stereocenters. The lowest BCUT2D eigenvalue weighted by Gasteiger charge is -2.26. The third-order valence-electron chi connectivity index (χ3n) is 2.88. The second kappa shape index (κ2) is 4.46. The van der Waals surface area contributed by atoms with Gasteiger partial charge in [-0.05, 0) is 23.3 Å². The minimum absolute atomic E-state index is 0.199. The maximum Gasteiger partial charge on any atom is 0.439 e. The van der Waals surface area contributed by atoms with Gasteiger partial charge in [-0.15, -0.1) is 0 Å². The van der Waals surface area contributed by atoms with Gasteiger partial charge < -0.3 is 9.84 Å². The first-order valence-corrected chi connectivity index (χ1v) is 5.29. The highest BCUT2D eigenvalue weighted by molar-refractivity contribution is 5.84. The second-order valence-corrected chi connectivity index (χ2v) is 4.23. The first-order valence-electron chi connectivity index (χ1n) is 5.29. The highest BCUT2D eigenvalue weighted by atomic mass is 19.4. The molecular weight excluding hydrogens is 287 g/mol. The van der Waals surface area contributed by atoms with Crippen LogP contribution in [-0.2, 0) is 9.53 Å². The number of carboxylic acids is 1. The summed E-state index contributed by atoms with van der Waals surface area (Å²) in [5, 5.41) is 8.75. The molecule has 1 aliphatic heterocycles. The molecule has 0 amide bonds. The lowest BCUT2D eigenvalue weighted by molar-refractivity contribution is -0.255.